The van der Waals surface area contributed by atoms with Gasteiger partial charge in [0.25, 0.3) is 0 Å². The van der Waals surface area contributed by atoms with Gasteiger partial charge >= 0.3 is 0 Å². The lowest BCUT2D eigenvalue weighted by Crippen LogP contribution is -2.50. The van der Waals surface area contributed by atoms with E-state index in [0.29, 0.717) is 12.1 Å². The molecule has 0 spiro atoms. The number of nitrogens with one attached hydrogen (secondary N) is 2. The van der Waals surface area contributed by atoms with Gasteiger partial charge in [0.2, 0.25) is 0 Å². The molecule has 2 aliphatic rings. The number of nitrogens with zero attached hydrogens (tertiary/aromatic N) is 3. The van der Waals surface area contributed by atoms with E-state index in [4.69, 9.17) is 4.74 Å². The molecule has 2 N–H and O–H groups in total. The van der Waals surface area contributed by atoms with Crippen molar-refractivity contribution in [1.29, 1.82) is 0 Å². The summed E-state index contributed by atoms with van der Waals surface area (Å²) in [4.78, 5) is 9.59. The molecule has 1 aromatic rings. The van der Waals surface area contributed by atoms with E-state index in [2.05, 4.69) is 63.5 Å². The van der Waals surface area contributed by atoms with Crippen molar-refractivity contribution in [2.75, 3.05) is 46.9 Å². The number of likely N-dealkylation sites (tertiary alicyclic amines) is 2. The molecule has 2 saturated heterocycles. The van der Waals surface area contributed by atoms with Gasteiger partial charge in [0.05, 0.1) is 7.11 Å². The number of guanidine groups is 1. The third-order valence-corrected chi connectivity index (χ3v) is 6.65. The minimum atomic E-state index is 0. The summed E-state index contributed by atoms with van der Waals surface area (Å²) in [5.74, 6) is 2.62. The summed E-state index contributed by atoms with van der Waals surface area (Å²) < 4.78 is 5.25. The van der Waals surface area contributed by atoms with Gasteiger partial charge in [0.1, 0.15) is 5.75 Å². The fourth-order valence-electron chi connectivity index (χ4n) is 4.53. The quantitative estimate of drug-likeness (QED) is 0.313. The predicted molar refractivity (Wildman–Crippen MR) is 141 cm³/mol. The van der Waals surface area contributed by atoms with Crippen molar-refractivity contribution in [3.8, 4) is 5.75 Å². The SMILES string of the molecule is CN=C(NCC1CCN(Cc2ccc(OC)cc2)CC1)NC1CCN(C(C)C)CC1.I. The van der Waals surface area contributed by atoms with E-state index in [1.807, 2.05) is 7.05 Å². The molecule has 176 valence electrons. The second-order valence-corrected chi connectivity index (χ2v) is 9.07. The first-order chi connectivity index (χ1) is 14.6. The zero-order valence-corrected chi connectivity index (χ0v) is 22.1. The number of ether oxygens (including phenoxy) is 1. The van der Waals surface area contributed by atoms with Crippen LogP contribution in [0.4, 0.5) is 0 Å². The first-order valence-electron chi connectivity index (χ1n) is 11.6. The Hall–Kier alpha value is -1.06. The van der Waals surface area contributed by atoms with Gasteiger partial charge in [0.15, 0.2) is 5.96 Å². The van der Waals surface area contributed by atoms with Crippen LogP contribution < -0.4 is 15.4 Å². The topological polar surface area (TPSA) is 52.1 Å². The lowest BCUT2D eigenvalue weighted by atomic mass is 9.96. The smallest absolute Gasteiger partial charge is 0.191 e. The second-order valence-electron chi connectivity index (χ2n) is 9.07. The Morgan fingerprint density at radius 1 is 1.06 bits per heavy atom. The maximum atomic E-state index is 5.25. The van der Waals surface area contributed by atoms with Crippen LogP contribution in [-0.4, -0.2) is 74.7 Å². The molecule has 0 unspecified atom stereocenters. The average Bonchev–Trinajstić information content (AvgIpc) is 2.78. The molecule has 0 atom stereocenters. The molecule has 6 nitrogen and oxygen atoms in total. The number of methoxy groups -OCH3 is 1. The number of rotatable bonds is 7. The zero-order chi connectivity index (χ0) is 21.3. The number of halogens is 1. The molecule has 2 aliphatic heterocycles. The summed E-state index contributed by atoms with van der Waals surface area (Å²) >= 11 is 0. The molecule has 2 fully saturated rings. The fraction of sp³-hybridized carbons (Fsp3) is 0.708. The molecule has 0 aliphatic carbocycles. The van der Waals surface area contributed by atoms with Crippen LogP contribution in [-0.2, 0) is 6.54 Å². The van der Waals surface area contributed by atoms with Crippen LogP contribution in [0.5, 0.6) is 5.75 Å². The number of aliphatic imine (C=N–C) groups is 1. The van der Waals surface area contributed by atoms with Gasteiger partial charge in [-0.25, -0.2) is 0 Å². The number of piperidine rings is 2. The maximum absolute atomic E-state index is 5.25. The van der Waals surface area contributed by atoms with E-state index in [1.165, 1.54) is 44.3 Å². The van der Waals surface area contributed by atoms with Gasteiger partial charge < -0.3 is 20.3 Å². The van der Waals surface area contributed by atoms with Crippen molar-refractivity contribution in [3.63, 3.8) is 0 Å². The fourth-order valence-corrected chi connectivity index (χ4v) is 4.53. The van der Waals surface area contributed by atoms with Crippen LogP contribution in [0.3, 0.4) is 0 Å². The van der Waals surface area contributed by atoms with E-state index in [1.54, 1.807) is 7.11 Å². The Kier molecular flexibility index (Phi) is 11.4. The van der Waals surface area contributed by atoms with Crippen molar-refractivity contribution >= 4 is 29.9 Å². The van der Waals surface area contributed by atoms with Crippen LogP contribution in [0.1, 0.15) is 45.1 Å². The lowest BCUT2D eigenvalue weighted by molar-refractivity contribution is 0.166. The summed E-state index contributed by atoms with van der Waals surface area (Å²) in [5, 5.41) is 7.24. The van der Waals surface area contributed by atoms with E-state index < -0.39 is 0 Å². The minimum Gasteiger partial charge on any atom is -0.497 e. The number of hydrogen-bond acceptors (Lipinski definition) is 4. The molecule has 3 rings (SSSR count). The van der Waals surface area contributed by atoms with E-state index in [0.717, 1.165) is 43.8 Å². The summed E-state index contributed by atoms with van der Waals surface area (Å²) in [6, 6.07) is 9.65. The van der Waals surface area contributed by atoms with Gasteiger partial charge in [-0.05, 0) is 76.2 Å². The van der Waals surface area contributed by atoms with Crippen molar-refractivity contribution in [2.45, 2.75) is 58.2 Å². The Balaban J connectivity index is 0.00000341. The Bertz CT molecular complexity index is 650. The summed E-state index contributed by atoms with van der Waals surface area (Å²) in [6.45, 7) is 11.3. The largest absolute Gasteiger partial charge is 0.497 e. The molecule has 0 saturated carbocycles. The minimum absolute atomic E-state index is 0. The number of benzene rings is 1. The van der Waals surface area contributed by atoms with Crippen LogP contribution >= 0.6 is 24.0 Å². The van der Waals surface area contributed by atoms with Crippen molar-refractivity contribution in [3.05, 3.63) is 29.8 Å². The highest BCUT2D eigenvalue weighted by atomic mass is 127. The molecule has 2 heterocycles. The first-order valence-corrected chi connectivity index (χ1v) is 11.6. The van der Waals surface area contributed by atoms with Crippen LogP contribution in [0.15, 0.2) is 29.3 Å². The van der Waals surface area contributed by atoms with E-state index in [-0.39, 0.29) is 24.0 Å². The Morgan fingerprint density at radius 2 is 1.71 bits per heavy atom. The van der Waals surface area contributed by atoms with Gasteiger partial charge in [-0.2, -0.15) is 0 Å². The van der Waals surface area contributed by atoms with Crippen LogP contribution in [0, 0.1) is 5.92 Å². The molecule has 0 bridgehead atoms. The molecule has 0 amide bonds. The highest BCUT2D eigenvalue weighted by Crippen LogP contribution is 2.20. The molecule has 7 heteroatoms. The highest BCUT2D eigenvalue weighted by molar-refractivity contribution is 14.0. The summed E-state index contributed by atoms with van der Waals surface area (Å²) in [7, 11) is 3.60. The van der Waals surface area contributed by atoms with Crippen molar-refractivity contribution in [1.82, 2.24) is 20.4 Å². The number of hydrogen-bond donors (Lipinski definition) is 2. The zero-order valence-electron chi connectivity index (χ0n) is 19.8. The molecule has 1 aromatic carbocycles. The normalized spacial score (nSPS) is 19.8. The molecule has 0 radical (unpaired) electrons. The Labute approximate surface area is 206 Å². The van der Waals surface area contributed by atoms with Gasteiger partial charge in [0, 0.05) is 45.3 Å². The standard InChI is InChI=1S/C24H41N5O.HI/c1-19(2)29-15-11-22(12-16-29)27-24(25-3)26-17-20-9-13-28(14-10-20)18-21-5-7-23(30-4)8-6-21;/h5-8,19-20,22H,9-18H2,1-4H3,(H2,25,26,27);1H. The first kappa shape index (κ1) is 26.2. The maximum Gasteiger partial charge on any atom is 0.191 e. The van der Waals surface area contributed by atoms with Gasteiger partial charge in [-0.1, -0.05) is 12.1 Å². The van der Waals surface area contributed by atoms with Crippen LogP contribution in [0.25, 0.3) is 0 Å². The third-order valence-electron chi connectivity index (χ3n) is 6.65. The molecular weight excluding hydrogens is 501 g/mol. The van der Waals surface area contributed by atoms with Gasteiger partial charge in [-0.15, -0.1) is 24.0 Å². The average molecular weight is 544 g/mol. The Morgan fingerprint density at radius 3 is 2.26 bits per heavy atom. The molecule has 0 aromatic heterocycles. The second kappa shape index (κ2) is 13.5. The van der Waals surface area contributed by atoms with E-state index >= 15 is 0 Å². The van der Waals surface area contributed by atoms with Crippen molar-refractivity contribution < 1.29 is 4.74 Å². The lowest BCUT2D eigenvalue weighted by Gasteiger charge is -2.36. The van der Waals surface area contributed by atoms with Crippen molar-refractivity contribution in [2.24, 2.45) is 10.9 Å². The monoisotopic (exact) mass is 543 g/mol. The molecule has 31 heavy (non-hydrogen) atoms. The van der Waals surface area contributed by atoms with E-state index in [9.17, 15) is 0 Å². The third kappa shape index (κ3) is 8.42. The van der Waals surface area contributed by atoms with Gasteiger partial charge in [-0.3, -0.25) is 9.89 Å². The predicted octanol–water partition coefficient (Wildman–Crippen LogP) is 3.56. The summed E-state index contributed by atoms with van der Waals surface area (Å²) in [5.41, 5.74) is 1.36. The molecular formula is C24H42IN5O. The van der Waals surface area contributed by atoms with Crippen LogP contribution in [0.2, 0.25) is 0 Å². The summed E-state index contributed by atoms with van der Waals surface area (Å²) in [6.07, 6.45) is 4.88. The highest BCUT2D eigenvalue weighted by Gasteiger charge is 2.23.